The van der Waals surface area contributed by atoms with Crippen molar-refractivity contribution < 1.29 is 9.47 Å². The number of fused-ring (bicyclic) bond motifs is 1. The summed E-state index contributed by atoms with van der Waals surface area (Å²) in [5.41, 5.74) is 2.91. The van der Waals surface area contributed by atoms with E-state index in [4.69, 9.17) is 9.47 Å². The van der Waals surface area contributed by atoms with E-state index in [9.17, 15) is 0 Å². The summed E-state index contributed by atoms with van der Waals surface area (Å²) in [5, 5.41) is 1.04. The van der Waals surface area contributed by atoms with Crippen LogP contribution in [0.5, 0.6) is 0 Å². The molecule has 6 nitrogen and oxygen atoms in total. The average Bonchev–Trinajstić information content (AvgIpc) is 2.52. The monoisotopic (exact) mass is 302 g/mol. The number of morpholine rings is 1. The quantitative estimate of drug-likeness (QED) is 0.859. The predicted octanol–water partition coefficient (Wildman–Crippen LogP) is 1.88. The Labute approximate surface area is 130 Å². The highest BCUT2D eigenvalue weighted by Crippen LogP contribution is 2.27. The van der Waals surface area contributed by atoms with E-state index in [1.165, 1.54) is 0 Å². The molecule has 1 aliphatic rings. The van der Waals surface area contributed by atoms with Crippen LogP contribution in [0.3, 0.4) is 0 Å². The lowest BCUT2D eigenvalue weighted by atomic mass is 10.1. The summed E-state index contributed by atoms with van der Waals surface area (Å²) in [6.45, 7) is 7.16. The lowest BCUT2D eigenvalue weighted by Gasteiger charge is -2.34. The molecule has 0 aromatic carbocycles. The first-order chi connectivity index (χ1) is 10.7. The maximum atomic E-state index is 5.81. The molecule has 0 amide bonds. The molecule has 1 fully saturated rings. The van der Waals surface area contributed by atoms with Gasteiger partial charge in [0.05, 0.1) is 18.1 Å². The standard InChI is InChI=1S/C16H22N4O2/c1-11-8-12(2)19-15-14(11)16(18-10-17-15)20-5-7-22-13(9-20)4-6-21-3/h8,10,13H,4-7,9H2,1-3H3. The van der Waals surface area contributed by atoms with Gasteiger partial charge in [0, 0.05) is 32.5 Å². The largest absolute Gasteiger partial charge is 0.385 e. The zero-order chi connectivity index (χ0) is 15.5. The van der Waals surface area contributed by atoms with Crippen molar-refractivity contribution in [3.05, 3.63) is 23.7 Å². The van der Waals surface area contributed by atoms with Crippen LogP contribution in [-0.2, 0) is 9.47 Å². The summed E-state index contributed by atoms with van der Waals surface area (Å²) < 4.78 is 11.0. The van der Waals surface area contributed by atoms with Crippen LogP contribution in [0, 0.1) is 13.8 Å². The summed E-state index contributed by atoms with van der Waals surface area (Å²) in [6, 6.07) is 2.08. The average molecular weight is 302 g/mol. The summed E-state index contributed by atoms with van der Waals surface area (Å²) in [6.07, 6.45) is 2.67. The fourth-order valence-corrected chi connectivity index (χ4v) is 2.97. The molecule has 0 radical (unpaired) electrons. The van der Waals surface area contributed by atoms with Gasteiger partial charge in [0.2, 0.25) is 0 Å². The minimum atomic E-state index is 0.178. The molecule has 22 heavy (non-hydrogen) atoms. The van der Waals surface area contributed by atoms with E-state index in [1.807, 2.05) is 6.92 Å². The lowest BCUT2D eigenvalue weighted by Crippen LogP contribution is -2.43. The van der Waals surface area contributed by atoms with Crippen molar-refractivity contribution in [2.24, 2.45) is 0 Å². The SMILES string of the molecule is COCCC1CN(c2ncnc3nc(C)cc(C)c23)CCO1. The Morgan fingerprint density at radius 1 is 1.36 bits per heavy atom. The molecule has 2 aromatic rings. The number of aryl methyl sites for hydroxylation is 2. The van der Waals surface area contributed by atoms with Crippen LogP contribution in [0.25, 0.3) is 11.0 Å². The highest BCUT2D eigenvalue weighted by atomic mass is 16.5. The Hall–Kier alpha value is -1.79. The minimum absolute atomic E-state index is 0.178. The molecule has 2 aromatic heterocycles. The fraction of sp³-hybridized carbons (Fsp3) is 0.562. The number of nitrogens with zero attached hydrogens (tertiary/aromatic N) is 4. The van der Waals surface area contributed by atoms with Crippen LogP contribution in [0.1, 0.15) is 17.7 Å². The van der Waals surface area contributed by atoms with Gasteiger partial charge in [0.1, 0.15) is 12.1 Å². The summed E-state index contributed by atoms with van der Waals surface area (Å²) >= 11 is 0. The van der Waals surface area contributed by atoms with Crippen LogP contribution in [0.2, 0.25) is 0 Å². The first kappa shape index (κ1) is 15.1. The maximum Gasteiger partial charge on any atom is 0.165 e. The van der Waals surface area contributed by atoms with Crippen molar-refractivity contribution in [2.75, 3.05) is 38.3 Å². The van der Waals surface area contributed by atoms with Crippen molar-refractivity contribution in [2.45, 2.75) is 26.4 Å². The van der Waals surface area contributed by atoms with Gasteiger partial charge in [-0.25, -0.2) is 15.0 Å². The number of hydrogen-bond donors (Lipinski definition) is 0. The second-order valence-electron chi connectivity index (χ2n) is 5.70. The third-order valence-corrected chi connectivity index (χ3v) is 3.99. The molecule has 0 N–H and O–H groups in total. The van der Waals surface area contributed by atoms with Gasteiger partial charge in [-0.2, -0.15) is 0 Å². The highest BCUT2D eigenvalue weighted by Gasteiger charge is 2.23. The Morgan fingerprint density at radius 2 is 2.23 bits per heavy atom. The smallest absolute Gasteiger partial charge is 0.165 e. The first-order valence-corrected chi connectivity index (χ1v) is 7.63. The van der Waals surface area contributed by atoms with E-state index < -0.39 is 0 Å². The van der Waals surface area contributed by atoms with Crippen molar-refractivity contribution >= 4 is 16.9 Å². The number of ether oxygens (including phenoxy) is 2. The van der Waals surface area contributed by atoms with E-state index in [1.54, 1.807) is 13.4 Å². The molecule has 0 bridgehead atoms. The number of anilines is 1. The molecule has 3 heterocycles. The number of methoxy groups -OCH3 is 1. The van der Waals surface area contributed by atoms with Crippen LogP contribution in [0.15, 0.2) is 12.4 Å². The maximum absolute atomic E-state index is 5.81. The lowest BCUT2D eigenvalue weighted by molar-refractivity contribution is 0.0190. The van der Waals surface area contributed by atoms with Gasteiger partial charge in [-0.3, -0.25) is 0 Å². The number of pyridine rings is 1. The van der Waals surface area contributed by atoms with Gasteiger partial charge in [-0.15, -0.1) is 0 Å². The Morgan fingerprint density at radius 3 is 3.05 bits per heavy atom. The van der Waals surface area contributed by atoms with Gasteiger partial charge in [0.25, 0.3) is 0 Å². The third kappa shape index (κ3) is 3.03. The molecule has 1 saturated heterocycles. The number of hydrogen-bond acceptors (Lipinski definition) is 6. The van der Waals surface area contributed by atoms with Crippen LogP contribution in [0.4, 0.5) is 5.82 Å². The third-order valence-electron chi connectivity index (χ3n) is 3.99. The van der Waals surface area contributed by atoms with Crippen LogP contribution < -0.4 is 4.90 Å². The minimum Gasteiger partial charge on any atom is -0.385 e. The summed E-state index contributed by atoms with van der Waals surface area (Å²) in [5.74, 6) is 0.959. The predicted molar refractivity (Wildman–Crippen MR) is 85.3 cm³/mol. The summed E-state index contributed by atoms with van der Waals surface area (Å²) in [4.78, 5) is 15.7. The molecular weight excluding hydrogens is 280 g/mol. The number of aromatic nitrogens is 3. The fourth-order valence-electron chi connectivity index (χ4n) is 2.97. The van der Waals surface area contributed by atoms with E-state index >= 15 is 0 Å². The van der Waals surface area contributed by atoms with Crippen molar-refractivity contribution in [3.8, 4) is 0 Å². The molecular formula is C16H22N4O2. The van der Waals surface area contributed by atoms with Gasteiger partial charge < -0.3 is 14.4 Å². The van der Waals surface area contributed by atoms with Gasteiger partial charge in [-0.05, 0) is 31.9 Å². The molecule has 6 heteroatoms. The van der Waals surface area contributed by atoms with Crippen LogP contribution in [-0.4, -0.2) is 54.5 Å². The van der Waals surface area contributed by atoms with E-state index in [-0.39, 0.29) is 6.10 Å². The van der Waals surface area contributed by atoms with E-state index in [0.717, 1.165) is 47.6 Å². The van der Waals surface area contributed by atoms with Crippen molar-refractivity contribution in [1.82, 2.24) is 15.0 Å². The second-order valence-corrected chi connectivity index (χ2v) is 5.70. The van der Waals surface area contributed by atoms with Gasteiger partial charge >= 0.3 is 0 Å². The molecule has 3 rings (SSSR count). The Balaban J connectivity index is 1.92. The zero-order valence-corrected chi connectivity index (χ0v) is 13.4. The van der Waals surface area contributed by atoms with Crippen molar-refractivity contribution in [1.29, 1.82) is 0 Å². The topological polar surface area (TPSA) is 60.4 Å². The van der Waals surface area contributed by atoms with Gasteiger partial charge in [-0.1, -0.05) is 0 Å². The normalized spacial score (nSPS) is 18.9. The zero-order valence-electron chi connectivity index (χ0n) is 13.4. The summed E-state index contributed by atoms with van der Waals surface area (Å²) in [7, 11) is 1.72. The molecule has 1 unspecified atom stereocenters. The van der Waals surface area contributed by atoms with E-state index in [2.05, 4.69) is 32.8 Å². The molecule has 1 aliphatic heterocycles. The molecule has 0 spiro atoms. The highest BCUT2D eigenvalue weighted by molar-refractivity contribution is 5.90. The Kier molecular flexibility index (Phi) is 4.49. The van der Waals surface area contributed by atoms with Gasteiger partial charge in [0.15, 0.2) is 5.65 Å². The van der Waals surface area contributed by atoms with E-state index in [0.29, 0.717) is 13.2 Å². The molecule has 0 saturated carbocycles. The van der Waals surface area contributed by atoms with Crippen molar-refractivity contribution in [3.63, 3.8) is 0 Å². The van der Waals surface area contributed by atoms with Crippen LogP contribution >= 0.6 is 0 Å². The molecule has 1 atom stereocenters. The molecule has 118 valence electrons. The second kappa shape index (κ2) is 6.54. The number of rotatable bonds is 4. The molecule has 0 aliphatic carbocycles. The first-order valence-electron chi connectivity index (χ1n) is 7.63. The Bertz CT molecular complexity index is 662.